The van der Waals surface area contributed by atoms with Crippen molar-refractivity contribution < 1.29 is 19.4 Å². The maximum atomic E-state index is 10.8. The average molecular weight is 510 g/mol. The van der Waals surface area contributed by atoms with Gasteiger partial charge in [-0.3, -0.25) is 9.78 Å². The third-order valence-corrected chi connectivity index (χ3v) is 6.54. The lowest BCUT2D eigenvalue weighted by atomic mass is 9.90. The highest BCUT2D eigenvalue weighted by Gasteiger charge is 2.13. The highest BCUT2D eigenvalue weighted by Crippen LogP contribution is 2.34. The first kappa shape index (κ1) is 26.9. The molecule has 3 aromatic carbocycles. The van der Waals surface area contributed by atoms with Gasteiger partial charge in [0.2, 0.25) is 0 Å². The molecule has 0 saturated heterocycles. The van der Waals surface area contributed by atoms with Crippen molar-refractivity contribution >= 4 is 5.97 Å². The Labute approximate surface area is 225 Å². The molecule has 38 heavy (non-hydrogen) atoms. The molecular weight excluding hydrogens is 474 g/mol. The van der Waals surface area contributed by atoms with Gasteiger partial charge in [-0.1, -0.05) is 50.2 Å². The van der Waals surface area contributed by atoms with Gasteiger partial charge < -0.3 is 14.6 Å². The molecule has 4 aromatic rings. The minimum atomic E-state index is -0.788. The molecule has 0 saturated carbocycles. The normalized spacial score (nSPS) is 10.8. The second-order valence-electron chi connectivity index (χ2n) is 9.41. The minimum Gasteiger partial charge on any atom is -0.489 e. The van der Waals surface area contributed by atoms with Gasteiger partial charge in [0.15, 0.2) is 0 Å². The minimum absolute atomic E-state index is 0.128. The first-order chi connectivity index (χ1) is 18.4. The van der Waals surface area contributed by atoms with Crippen LogP contribution in [0.4, 0.5) is 0 Å². The molecule has 0 aliphatic carbocycles. The maximum Gasteiger partial charge on any atom is 0.303 e. The van der Waals surface area contributed by atoms with Gasteiger partial charge in [0.05, 0.1) is 5.69 Å². The molecule has 0 atom stereocenters. The van der Waals surface area contributed by atoms with Gasteiger partial charge in [-0.05, 0) is 102 Å². The van der Waals surface area contributed by atoms with E-state index < -0.39 is 5.97 Å². The zero-order chi connectivity index (χ0) is 26.9. The van der Waals surface area contributed by atoms with Gasteiger partial charge in [-0.25, -0.2) is 0 Å². The van der Waals surface area contributed by atoms with Crippen LogP contribution in [0.1, 0.15) is 53.9 Å². The molecule has 0 aliphatic rings. The van der Waals surface area contributed by atoms with E-state index in [-0.39, 0.29) is 6.42 Å². The van der Waals surface area contributed by atoms with Crippen LogP contribution in [0.2, 0.25) is 0 Å². The summed E-state index contributed by atoms with van der Waals surface area (Å²) in [5.41, 5.74) is 8.94. The van der Waals surface area contributed by atoms with Gasteiger partial charge >= 0.3 is 5.97 Å². The number of aliphatic carboxylic acids is 1. The molecule has 1 aromatic heterocycles. The predicted octanol–water partition coefficient (Wildman–Crippen LogP) is 7.36. The van der Waals surface area contributed by atoms with Crippen molar-refractivity contribution in [2.75, 3.05) is 0 Å². The van der Waals surface area contributed by atoms with Gasteiger partial charge in [0.1, 0.15) is 24.7 Å². The predicted molar refractivity (Wildman–Crippen MR) is 151 cm³/mol. The van der Waals surface area contributed by atoms with Crippen LogP contribution >= 0.6 is 0 Å². The van der Waals surface area contributed by atoms with Crippen LogP contribution < -0.4 is 9.47 Å². The number of rotatable bonds is 12. The quantitative estimate of drug-likeness (QED) is 0.216. The number of carbonyl (C=O) groups is 1. The van der Waals surface area contributed by atoms with E-state index in [1.54, 1.807) is 0 Å². The topological polar surface area (TPSA) is 68.7 Å². The Morgan fingerprint density at radius 2 is 1.47 bits per heavy atom. The number of carboxylic acids is 1. The third-order valence-electron chi connectivity index (χ3n) is 6.54. The molecule has 5 heteroatoms. The lowest BCUT2D eigenvalue weighted by molar-refractivity contribution is -0.136. The lowest BCUT2D eigenvalue weighted by Crippen LogP contribution is -2.02. The van der Waals surface area contributed by atoms with E-state index in [1.165, 1.54) is 22.3 Å². The maximum absolute atomic E-state index is 10.8. The number of hydrogen-bond donors (Lipinski definition) is 1. The molecule has 0 radical (unpaired) electrons. The van der Waals surface area contributed by atoms with Crippen LogP contribution in [0.5, 0.6) is 11.5 Å². The van der Waals surface area contributed by atoms with E-state index in [0.29, 0.717) is 19.6 Å². The Morgan fingerprint density at radius 1 is 0.789 bits per heavy atom. The highest BCUT2D eigenvalue weighted by atomic mass is 16.5. The van der Waals surface area contributed by atoms with Crippen LogP contribution in [-0.2, 0) is 37.3 Å². The molecule has 0 bridgehead atoms. The van der Waals surface area contributed by atoms with Crippen LogP contribution in [0, 0.1) is 6.92 Å². The SMILES string of the molecule is CCc1cc(OCc2cccc(C)n2)cc(CC)c1-c1cccc(COc2ccc(CCC(=O)O)cc2)c1. The van der Waals surface area contributed by atoms with E-state index in [1.807, 2.05) is 49.4 Å². The molecule has 1 N–H and O–H groups in total. The summed E-state index contributed by atoms with van der Waals surface area (Å²) < 4.78 is 12.2. The summed E-state index contributed by atoms with van der Waals surface area (Å²) in [5, 5.41) is 8.87. The molecular formula is C33H35NO4. The fourth-order valence-electron chi connectivity index (χ4n) is 4.57. The van der Waals surface area contributed by atoms with Gasteiger partial charge in [0, 0.05) is 12.1 Å². The second-order valence-corrected chi connectivity index (χ2v) is 9.41. The van der Waals surface area contributed by atoms with E-state index in [2.05, 4.69) is 55.2 Å². The molecule has 4 rings (SSSR count). The second kappa shape index (κ2) is 12.9. The van der Waals surface area contributed by atoms with E-state index in [9.17, 15) is 4.79 Å². The molecule has 1 heterocycles. The Balaban J connectivity index is 1.49. The van der Waals surface area contributed by atoms with E-state index in [4.69, 9.17) is 14.6 Å². The summed E-state index contributed by atoms with van der Waals surface area (Å²) in [6.07, 6.45) is 2.45. The van der Waals surface area contributed by atoms with Crippen molar-refractivity contribution in [2.45, 2.75) is 59.7 Å². The van der Waals surface area contributed by atoms with Gasteiger partial charge in [-0.2, -0.15) is 0 Å². The van der Waals surface area contributed by atoms with E-state index in [0.717, 1.165) is 46.9 Å². The number of benzene rings is 3. The number of ether oxygens (including phenoxy) is 2. The number of carboxylic acid groups (broad SMARTS) is 1. The van der Waals surface area contributed by atoms with Crippen molar-refractivity contribution in [3.8, 4) is 22.6 Å². The Kier molecular flexibility index (Phi) is 9.15. The fraction of sp³-hybridized carbons (Fsp3) is 0.273. The Hall–Kier alpha value is -4.12. The monoisotopic (exact) mass is 509 g/mol. The fourth-order valence-corrected chi connectivity index (χ4v) is 4.57. The average Bonchev–Trinajstić information content (AvgIpc) is 2.94. The zero-order valence-electron chi connectivity index (χ0n) is 22.4. The van der Waals surface area contributed by atoms with E-state index >= 15 is 0 Å². The summed E-state index contributed by atoms with van der Waals surface area (Å²) in [6.45, 7) is 7.24. The number of pyridine rings is 1. The van der Waals surface area contributed by atoms with Crippen LogP contribution in [-0.4, -0.2) is 16.1 Å². The lowest BCUT2D eigenvalue weighted by Gasteiger charge is -2.17. The number of aryl methyl sites for hydroxylation is 4. The summed E-state index contributed by atoms with van der Waals surface area (Å²) in [6, 6.07) is 26.5. The summed E-state index contributed by atoms with van der Waals surface area (Å²) >= 11 is 0. The Bertz CT molecular complexity index is 1350. The molecule has 5 nitrogen and oxygen atoms in total. The van der Waals surface area contributed by atoms with Gasteiger partial charge in [0.25, 0.3) is 0 Å². The smallest absolute Gasteiger partial charge is 0.303 e. The first-order valence-corrected chi connectivity index (χ1v) is 13.2. The standard InChI is InChI=1S/C33H35NO4/c1-4-26-19-31(38-22-29-11-6-8-23(3)34-29)20-27(5-2)33(26)28-10-7-9-25(18-28)21-37-30-15-12-24(13-16-30)14-17-32(35)36/h6-13,15-16,18-20H,4-5,14,17,21-22H2,1-3H3,(H,35,36). The summed E-state index contributed by atoms with van der Waals surface area (Å²) in [4.78, 5) is 15.3. The van der Waals surface area contributed by atoms with Gasteiger partial charge in [-0.15, -0.1) is 0 Å². The van der Waals surface area contributed by atoms with Crippen LogP contribution in [0.3, 0.4) is 0 Å². The largest absolute Gasteiger partial charge is 0.489 e. The van der Waals surface area contributed by atoms with Crippen molar-refractivity contribution in [1.82, 2.24) is 4.98 Å². The molecule has 0 fully saturated rings. The number of aromatic nitrogens is 1. The molecule has 196 valence electrons. The molecule has 0 unspecified atom stereocenters. The summed E-state index contributed by atoms with van der Waals surface area (Å²) in [5.74, 6) is 0.851. The third kappa shape index (κ3) is 7.22. The molecule has 0 amide bonds. The molecule has 0 spiro atoms. The number of nitrogens with zero attached hydrogens (tertiary/aromatic N) is 1. The van der Waals surface area contributed by atoms with Crippen molar-refractivity contribution in [2.24, 2.45) is 0 Å². The van der Waals surface area contributed by atoms with Crippen molar-refractivity contribution in [1.29, 1.82) is 0 Å². The van der Waals surface area contributed by atoms with Crippen LogP contribution in [0.15, 0.2) is 78.9 Å². The Morgan fingerprint density at radius 3 is 2.13 bits per heavy atom. The highest BCUT2D eigenvalue weighted by molar-refractivity contribution is 5.73. The van der Waals surface area contributed by atoms with Crippen LogP contribution in [0.25, 0.3) is 11.1 Å². The van der Waals surface area contributed by atoms with Crippen molar-refractivity contribution in [3.63, 3.8) is 0 Å². The molecule has 0 aliphatic heterocycles. The zero-order valence-corrected chi connectivity index (χ0v) is 22.4. The first-order valence-electron chi connectivity index (χ1n) is 13.2. The number of hydrogen-bond acceptors (Lipinski definition) is 4. The van der Waals surface area contributed by atoms with Crippen molar-refractivity contribution in [3.05, 3.63) is 113 Å². The summed E-state index contributed by atoms with van der Waals surface area (Å²) in [7, 11) is 0.